The summed E-state index contributed by atoms with van der Waals surface area (Å²) >= 11 is 1.44. The number of nitrogens with zero attached hydrogens (tertiary/aromatic N) is 1. The molecular formula is C12H10F2N2S. The van der Waals surface area contributed by atoms with E-state index in [1.54, 1.807) is 6.07 Å². The number of thiazole rings is 1. The van der Waals surface area contributed by atoms with Crippen molar-refractivity contribution in [3.05, 3.63) is 46.0 Å². The first-order valence-corrected chi connectivity index (χ1v) is 6.17. The van der Waals surface area contributed by atoms with Crippen LogP contribution < -0.4 is 5.73 Å². The number of fused-ring (bicyclic) bond motifs is 1. The van der Waals surface area contributed by atoms with E-state index in [2.05, 4.69) is 4.98 Å². The fourth-order valence-corrected chi connectivity index (χ4v) is 3.34. The summed E-state index contributed by atoms with van der Waals surface area (Å²) in [6, 6.07) is 4.08. The van der Waals surface area contributed by atoms with Gasteiger partial charge in [0.1, 0.15) is 0 Å². The molecular weight excluding hydrogens is 242 g/mol. The first-order valence-electron chi connectivity index (χ1n) is 5.35. The van der Waals surface area contributed by atoms with Crippen LogP contribution in [0, 0.1) is 11.6 Å². The van der Waals surface area contributed by atoms with Crippen molar-refractivity contribution in [1.29, 1.82) is 0 Å². The van der Waals surface area contributed by atoms with Gasteiger partial charge in [0, 0.05) is 10.8 Å². The third-order valence-corrected chi connectivity index (χ3v) is 4.12. The zero-order chi connectivity index (χ0) is 12.0. The van der Waals surface area contributed by atoms with E-state index in [0.717, 1.165) is 29.0 Å². The number of aryl methyl sites for hydroxylation is 1. The number of nitrogens with two attached hydrogens (primary N) is 1. The third kappa shape index (κ3) is 1.70. The maximum atomic E-state index is 13.2. The second-order valence-corrected chi connectivity index (χ2v) is 5.19. The van der Waals surface area contributed by atoms with Crippen LogP contribution in [0.3, 0.4) is 0 Å². The Hall–Kier alpha value is -1.49. The highest BCUT2D eigenvalue weighted by Gasteiger charge is 2.28. The minimum absolute atomic E-state index is 0.106. The van der Waals surface area contributed by atoms with Crippen molar-refractivity contribution < 1.29 is 8.78 Å². The molecule has 0 saturated heterocycles. The molecule has 5 heteroatoms. The molecule has 0 fully saturated rings. The second-order valence-electron chi connectivity index (χ2n) is 4.13. The lowest BCUT2D eigenvalue weighted by Crippen LogP contribution is -1.96. The lowest BCUT2D eigenvalue weighted by Gasteiger charge is -2.09. The Morgan fingerprint density at radius 1 is 1.29 bits per heavy atom. The monoisotopic (exact) mass is 252 g/mol. The molecule has 2 aromatic rings. The number of aromatic nitrogens is 1. The van der Waals surface area contributed by atoms with Gasteiger partial charge in [-0.25, -0.2) is 13.8 Å². The van der Waals surface area contributed by atoms with E-state index < -0.39 is 11.6 Å². The van der Waals surface area contributed by atoms with Crippen molar-refractivity contribution in [1.82, 2.24) is 4.98 Å². The molecule has 17 heavy (non-hydrogen) atoms. The maximum Gasteiger partial charge on any atom is 0.180 e. The molecule has 0 amide bonds. The van der Waals surface area contributed by atoms with Crippen molar-refractivity contribution in [3.8, 4) is 0 Å². The summed E-state index contributed by atoms with van der Waals surface area (Å²) in [5, 5.41) is 0.544. The van der Waals surface area contributed by atoms with Crippen LogP contribution in [0.4, 0.5) is 13.9 Å². The van der Waals surface area contributed by atoms with Crippen LogP contribution in [0.2, 0.25) is 0 Å². The predicted molar refractivity (Wildman–Crippen MR) is 63.0 cm³/mol. The molecule has 3 rings (SSSR count). The summed E-state index contributed by atoms with van der Waals surface area (Å²) in [6.07, 6.45) is 1.74. The van der Waals surface area contributed by atoms with Crippen LogP contribution in [0.1, 0.15) is 28.5 Å². The van der Waals surface area contributed by atoms with Gasteiger partial charge in [-0.15, -0.1) is 11.3 Å². The topological polar surface area (TPSA) is 38.9 Å². The Labute approximate surface area is 101 Å². The molecule has 0 aliphatic heterocycles. The second kappa shape index (κ2) is 3.77. The van der Waals surface area contributed by atoms with Gasteiger partial charge in [-0.3, -0.25) is 0 Å². The molecule has 1 aliphatic rings. The minimum atomic E-state index is -0.809. The van der Waals surface area contributed by atoms with E-state index in [4.69, 9.17) is 5.73 Å². The molecule has 88 valence electrons. The van der Waals surface area contributed by atoms with Crippen molar-refractivity contribution in [2.75, 3.05) is 5.73 Å². The van der Waals surface area contributed by atoms with E-state index in [0.29, 0.717) is 5.13 Å². The first-order chi connectivity index (χ1) is 8.15. The smallest absolute Gasteiger partial charge is 0.180 e. The van der Waals surface area contributed by atoms with E-state index >= 15 is 0 Å². The molecule has 1 aliphatic carbocycles. The number of halogens is 2. The van der Waals surface area contributed by atoms with Crippen LogP contribution >= 0.6 is 11.3 Å². The van der Waals surface area contributed by atoms with Gasteiger partial charge in [-0.2, -0.15) is 0 Å². The fraction of sp³-hybridized carbons (Fsp3) is 0.250. The van der Waals surface area contributed by atoms with Gasteiger partial charge in [-0.05, 0) is 30.5 Å². The Bertz CT molecular complexity index is 580. The van der Waals surface area contributed by atoms with Gasteiger partial charge in [0.2, 0.25) is 0 Å². The number of anilines is 1. The minimum Gasteiger partial charge on any atom is -0.375 e. The van der Waals surface area contributed by atoms with Crippen LogP contribution in [0.15, 0.2) is 18.2 Å². The number of hydrogen-bond donors (Lipinski definition) is 1. The zero-order valence-electron chi connectivity index (χ0n) is 8.91. The molecule has 2 nitrogen and oxygen atoms in total. The van der Waals surface area contributed by atoms with Gasteiger partial charge in [0.05, 0.1) is 5.69 Å². The van der Waals surface area contributed by atoms with Crippen molar-refractivity contribution in [3.63, 3.8) is 0 Å². The lowest BCUT2D eigenvalue weighted by molar-refractivity contribution is 0.506. The standard InChI is InChI=1S/C12H10F2N2S/c13-8-3-1-6(5-9(8)14)7-2-4-10-11(7)17-12(15)16-10/h1,3,5,7H,2,4H2,(H2,15,16). The maximum absolute atomic E-state index is 13.2. The van der Waals surface area contributed by atoms with Gasteiger partial charge >= 0.3 is 0 Å². The molecule has 0 saturated carbocycles. The Balaban J connectivity index is 2.03. The zero-order valence-corrected chi connectivity index (χ0v) is 9.73. The molecule has 1 aromatic heterocycles. The van der Waals surface area contributed by atoms with E-state index in [9.17, 15) is 8.78 Å². The predicted octanol–water partition coefficient (Wildman–Crippen LogP) is 3.08. The van der Waals surface area contributed by atoms with Crippen molar-refractivity contribution >= 4 is 16.5 Å². The molecule has 1 aromatic carbocycles. The van der Waals surface area contributed by atoms with Crippen LogP contribution in [0.25, 0.3) is 0 Å². The highest BCUT2D eigenvalue weighted by atomic mass is 32.1. The number of benzene rings is 1. The van der Waals surface area contributed by atoms with Gasteiger partial charge in [-0.1, -0.05) is 6.07 Å². The van der Waals surface area contributed by atoms with Crippen molar-refractivity contribution in [2.24, 2.45) is 0 Å². The average Bonchev–Trinajstić information content (AvgIpc) is 2.81. The SMILES string of the molecule is Nc1nc2c(s1)C(c1ccc(F)c(F)c1)CC2. The Kier molecular flexibility index (Phi) is 2.36. The van der Waals surface area contributed by atoms with E-state index in [1.165, 1.54) is 23.5 Å². The Morgan fingerprint density at radius 2 is 2.12 bits per heavy atom. The van der Waals surface area contributed by atoms with Gasteiger partial charge in [0.25, 0.3) is 0 Å². The molecule has 2 N–H and O–H groups in total. The van der Waals surface area contributed by atoms with Crippen LogP contribution in [0.5, 0.6) is 0 Å². The molecule has 0 spiro atoms. The average molecular weight is 252 g/mol. The summed E-state index contributed by atoms with van der Waals surface area (Å²) in [7, 11) is 0. The number of hydrogen-bond acceptors (Lipinski definition) is 3. The summed E-state index contributed by atoms with van der Waals surface area (Å²) in [6.45, 7) is 0. The van der Waals surface area contributed by atoms with Gasteiger partial charge in [0.15, 0.2) is 16.8 Å². The summed E-state index contributed by atoms with van der Waals surface area (Å²) in [5.74, 6) is -1.50. The van der Waals surface area contributed by atoms with Crippen LogP contribution in [-0.4, -0.2) is 4.98 Å². The summed E-state index contributed by atoms with van der Waals surface area (Å²) in [4.78, 5) is 5.33. The highest BCUT2D eigenvalue weighted by molar-refractivity contribution is 7.15. The Morgan fingerprint density at radius 3 is 2.88 bits per heavy atom. The molecule has 0 bridgehead atoms. The largest absolute Gasteiger partial charge is 0.375 e. The van der Waals surface area contributed by atoms with Crippen LogP contribution in [-0.2, 0) is 6.42 Å². The summed E-state index contributed by atoms with van der Waals surface area (Å²) in [5.41, 5.74) is 7.46. The molecule has 1 unspecified atom stereocenters. The third-order valence-electron chi connectivity index (χ3n) is 3.08. The van der Waals surface area contributed by atoms with Crippen molar-refractivity contribution in [2.45, 2.75) is 18.8 Å². The molecule has 1 heterocycles. The fourth-order valence-electron chi connectivity index (χ4n) is 2.29. The lowest BCUT2D eigenvalue weighted by atomic mass is 9.98. The van der Waals surface area contributed by atoms with E-state index in [-0.39, 0.29) is 5.92 Å². The molecule has 0 radical (unpaired) electrons. The first kappa shape index (κ1) is 10.7. The molecule has 1 atom stereocenters. The number of nitrogen functional groups attached to an aromatic ring is 1. The quantitative estimate of drug-likeness (QED) is 0.847. The highest BCUT2D eigenvalue weighted by Crippen LogP contribution is 2.42. The van der Waals surface area contributed by atoms with E-state index in [1.807, 2.05) is 0 Å². The summed E-state index contributed by atoms with van der Waals surface area (Å²) < 4.78 is 26.1. The normalized spacial score (nSPS) is 18.4. The number of rotatable bonds is 1. The van der Waals surface area contributed by atoms with Gasteiger partial charge < -0.3 is 5.73 Å².